The molecular formula is C25H28ClN3OS. The molecule has 4 nitrogen and oxygen atoms in total. The van der Waals surface area contributed by atoms with Crippen LogP contribution in [0.2, 0.25) is 4.47 Å². The SMILES string of the molecule is O=C(CC1CCC(CCN2CCc3sc(Cl)nc3C2)CC1)c1cccc2ncccc12. The number of thiazole rings is 1. The smallest absolute Gasteiger partial charge is 0.184 e. The Hall–Kier alpha value is -1.82. The Labute approximate surface area is 192 Å². The summed E-state index contributed by atoms with van der Waals surface area (Å²) in [5.74, 6) is 1.58. The minimum absolute atomic E-state index is 0.271. The molecule has 31 heavy (non-hydrogen) atoms. The summed E-state index contributed by atoms with van der Waals surface area (Å²) in [6.45, 7) is 3.21. The Morgan fingerprint density at radius 1 is 1.13 bits per heavy atom. The van der Waals surface area contributed by atoms with Gasteiger partial charge in [0.25, 0.3) is 0 Å². The van der Waals surface area contributed by atoms with Crippen molar-refractivity contribution in [1.82, 2.24) is 14.9 Å². The molecule has 3 aromatic rings. The van der Waals surface area contributed by atoms with Crippen LogP contribution in [-0.4, -0.2) is 33.7 Å². The van der Waals surface area contributed by atoms with Crippen LogP contribution in [-0.2, 0) is 13.0 Å². The van der Waals surface area contributed by atoms with Gasteiger partial charge in [0.2, 0.25) is 0 Å². The number of hydrogen-bond acceptors (Lipinski definition) is 5. The quantitative estimate of drug-likeness (QED) is 0.418. The van der Waals surface area contributed by atoms with E-state index in [2.05, 4.69) is 14.9 Å². The van der Waals surface area contributed by atoms with Crippen molar-refractivity contribution in [2.75, 3.05) is 13.1 Å². The molecule has 0 radical (unpaired) electrons. The van der Waals surface area contributed by atoms with E-state index in [1.807, 2.05) is 30.3 Å². The second kappa shape index (κ2) is 9.35. The summed E-state index contributed by atoms with van der Waals surface area (Å²) >= 11 is 7.72. The van der Waals surface area contributed by atoms with Crippen LogP contribution in [0.4, 0.5) is 0 Å². The standard InChI is InChI=1S/C25H28ClN3OS/c26-25-28-22-16-29(14-11-24(22)31-25)13-10-17-6-8-18(9-7-17)15-23(30)20-3-1-5-21-19(20)4-2-12-27-21/h1-5,12,17-18H,6-11,13-16H2. The minimum atomic E-state index is 0.271. The molecule has 2 aromatic heterocycles. The van der Waals surface area contributed by atoms with Gasteiger partial charge in [-0.3, -0.25) is 14.7 Å². The maximum atomic E-state index is 13.0. The van der Waals surface area contributed by atoms with E-state index < -0.39 is 0 Å². The van der Waals surface area contributed by atoms with E-state index in [1.165, 1.54) is 42.7 Å². The van der Waals surface area contributed by atoms with Crippen molar-refractivity contribution >= 4 is 39.6 Å². The zero-order valence-corrected chi connectivity index (χ0v) is 19.3. The molecule has 2 aliphatic rings. The van der Waals surface area contributed by atoms with Crippen molar-refractivity contribution in [2.24, 2.45) is 11.8 Å². The number of Topliss-reactive ketones (excluding diaryl/α,β-unsaturated/α-hetero) is 1. The summed E-state index contributed by atoms with van der Waals surface area (Å²) in [7, 11) is 0. The van der Waals surface area contributed by atoms with Gasteiger partial charge in [0.05, 0.1) is 11.2 Å². The molecule has 0 spiro atoms. The van der Waals surface area contributed by atoms with Gasteiger partial charge in [-0.15, -0.1) is 11.3 Å². The monoisotopic (exact) mass is 453 g/mol. The van der Waals surface area contributed by atoms with Crippen LogP contribution in [0.5, 0.6) is 0 Å². The predicted octanol–water partition coefficient (Wildman–Crippen LogP) is 6.17. The minimum Gasteiger partial charge on any atom is -0.297 e. The first-order chi connectivity index (χ1) is 15.2. The Kier molecular flexibility index (Phi) is 6.35. The Morgan fingerprint density at radius 2 is 1.97 bits per heavy atom. The van der Waals surface area contributed by atoms with Gasteiger partial charge in [-0.25, -0.2) is 4.98 Å². The third kappa shape index (κ3) is 4.84. The third-order valence-electron chi connectivity index (χ3n) is 7.02. The van der Waals surface area contributed by atoms with Gasteiger partial charge >= 0.3 is 0 Å². The molecule has 5 rings (SSSR count). The van der Waals surface area contributed by atoms with E-state index in [1.54, 1.807) is 17.5 Å². The Balaban J connectivity index is 1.10. The summed E-state index contributed by atoms with van der Waals surface area (Å²) < 4.78 is 0.680. The van der Waals surface area contributed by atoms with Crippen molar-refractivity contribution < 1.29 is 4.79 Å². The molecule has 1 fully saturated rings. The number of ketones is 1. The molecule has 6 heteroatoms. The van der Waals surface area contributed by atoms with Crippen LogP contribution in [0.25, 0.3) is 10.9 Å². The van der Waals surface area contributed by atoms with Gasteiger partial charge in [-0.05, 0) is 56.2 Å². The van der Waals surface area contributed by atoms with Crippen LogP contribution < -0.4 is 0 Å². The normalized spacial score (nSPS) is 21.8. The van der Waals surface area contributed by atoms with Crippen molar-refractivity contribution in [3.05, 3.63) is 57.1 Å². The fraction of sp³-hybridized carbons (Fsp3) is 0.480. The van der Waals surface area contributed by atoms with E-state index in [0.717, 1.165) is 48.4 Å². The van der Waals surface area contributed by atoms with Crippen molar-refractivity contribution in [2.45, 2.75) is 51.5 Å². The highest BCUT2D eigenvalue weighted by Crippen LogP contribution is 2.35. The highest BCUT2D eigenvalue weighted by atomic mass is 35.5. The topological polar surface area (TPSA) is 46.1 Å². The van der Waals surface area contributed by atoms with Crippen LogP contribution in [0.1, 0.15) is 59.5 Å². The first-order valence-electron chi connectivity index (χ1n) is 11.4. The zero-order valence-electron chi connectivity index (χ0n) is 17.7. The highest BCUT2D eigenvalue weighted by Gasteiger charge is 2.26. The van der Waals surface area contributed by atoms with Gasteiger partial charge in [0.15, 0.2) is 10.3 Å². The largest absolute Gasteiger partial charge is 0.297 e. The van der Waals surface area contributed by atoms with Gasteiger partial charge < -0.3 is 0 Å². The van der Waals surface area contributed by atoms with Crippen LogP contribution in [0.3, 0.4) is 0 Å². The summed E-state index contributed by atoms with van der Waals surface area (Å²) in [5, 5.41) is 0.981. The number of hydrogen-bond donors (Lipinski definition) is 0. The molecule has 1 aliphatic carbocycles. The summed E-state index contributed by atoms with van der Waals surface area (Å²) in [5.41, 5.74) is 2.92. The van der Waals surface area contributed by atoms with E-state index in [9.17, 15) is 4.79 Å². The number of carbonyl (C=O) groups excluding carboxylic acids is 1. The number of halogens is 1. The summed E-state index contributed by atoms with van der Waals surface area (Å²) in [4.78, 5) is 25.8. The van der Waals surface area contributed by atoms with Gasteiger partial charge in [-0.1, -0.05) is 42.6 Å². The van der Waals surface area contributed by atoms with Gasteiger partial charge in [0.1, 0.15) is 0 Å². The molecule has 1 saturated carbocycles. The zero-order chi connectivity index (χ0) is 21.2. The van der Waals surface area contributed by atoms with Gasteiger partial charge in [-0.2, -0.15) is 0 Å². The van der Waals surface area contributed by atoms with Crippen molar-refractivity contribution in [3.63, 3.8) is 0 Å². The predicted molar refractivity (Wildman–Crippen MR) is 127 cm³/mol. The lowest BCUT2D eigenvalue weighted by molar-refractivity contribution is 0.0941. The Morgan fingerprint density at radius 3 is 2.84 bits per heavy atom. The second-order valence-corrected chi connectivity index (χ2v) is 10.7. The molecule has 1 aliphatic heterocycles. The fourth-order valence-electron chi connectivity index (χ4n) is 5.22. The van der Waals surface area contributed by atoms with E-state index in [-0.39, 0.29) is 5.78 Å². The fourth-order valence-corrected chi connectivity index (χ4v) is 6.38. The number of carbonyl (C=O) groups is 1. The number of pyridine rings is 1. The molecule has 0 N–H and O–H groups in total. The maximum Gasteiger partial charge on any atom is 0.184 e. The van der Waals surface area contributed by atoms with E-state index >= 15 is 0 Å². The lowest BCUT2D eigenvalue weighted by Crippen LogP contribution is -2.32. The van der Waals surface area contributed by atoms with Crippen molar-refractivity contribution in [1.29, 1.82) is 0 Å². The number of fused-ring (bicyclic) bond motifs is 2. The summed E-state index contributed by atoms with van der Waals surface area (Å²) in [6, 6.07) is 9.80. The number of rotatable bonds is 6. The maximum absolute atomic E-state index is 13.0. The molecule has 0 saturated heterocycles. The molecule has 0 atom stereocenters. The molecule has 162 valence electrons. The van der Waals surface area contributed by atoms with Crippen LogP contribution in [0, 0.1) is 11.8 Å². The molecule has 0 bridgehead atoms. The Bertz CT molecular complexity index is 1070. The molecular weight excluding hydrogens is 426 g/mol. The number of nitrogens with zero attached hydrogens (tertiary/aromatic N) is 3. The summed E-state index contributed by atoms with van der Waals surface area (Å²) in [6.07, 6.45) is 9.62. The first-order valence-corrected chi connectivity index (χ1v) is 12.6. The van der Waals surface area contributed by atoms with Gasteiger partial charge in [0, 0.05) is 41.5 Å². The van der Waals surface area contributed by atoms with E-state index in [4.69, 9.17) is 11.6 Å². The number of benzene rings is 1. The highest BCUT2D eigenvalue weighted by molar-refractivity contribution is 7.15. The van der Waals surface area contributed by atoms with Crippen LogP contribution >= 0.6 is 22.9 Å². The lowest BCUT2D eigenvalue weighted by atomic mass is 9.78. The molecule has 1 aromatic carbocycles. The average Bonchev–Trinajstić information content (AvgIpc) is 3.17. The molecule has 0 amide bonds. The average molecular weight is 454 g/mol. The lowest BCUT2D eigenvalue weighted by Gasteiger charge is -2.31. The van der Waals surface area contributed by atoms with Crippen LogP contribution in [0.15, 0.2) is 36.5 Å². The first kappa shape index (κ1) is 21.0. The second-order valence-electron chi connectivity index (χ2n) is 9.04. The molecule has 0 unspecified atom stereocenters. The third-order valence-corrected chi connectivity index (χ3v) is 8.28. The van der Waals surface area contributed by atoms with Crippen molar-refractivity contribution in [3.8, 4) is 0 Å². The molecule has 3 heterocycles. The number of aromatic nitrogens is 2. The van der Waals surface area contributed by atoms with E-state index in [0.29, 0.717) is 16.8 Å².